The largest absolute Gasteiger partial charge is 0.478 e. The molecule has 0 radical (unpaired) electrons. The van der Waals surface area contributed by atoms with Crippen LogP contribution in [0.25, 0.3) is 0 Å². The van der Waals surface area contributed by atoms with Crippen LogP contribution in [0.4, 0.5) is 10.6 Å². The van der Waals surface area contributed by atoms with E-state index in [4.69, 9.17) is 14.2 Å². The molecule has 9 nitrogen and oxygen atoms in total. The number of hydrogen-bond donors (Lipinski definition) is 1. The van der Waals surface area contributed by atoms with Crippen molar-refractivity contribution in [3.8, 4) is 5.88 Å². The highest BCUT2D eigenvalue weighted by atomic mass is 31.2. The van der Waals surface area contributed by atoms with E-state index in [0.29, 0.717) is 0 Å². The molecule has 0 fully saturated rings. The monoisotopic (exact) mass is 401 g/mol. The third kappa shape index (κ3) is 7.17. The van der Waals surface area contributed by atoms with Crippen LogP contribution in [-0.4, -0.2) is 53.7 Å². The van der Waals surface area contributed by atoms with E-state index in [2.05, 4.69) is 15.3 Å². The number of nitrogens with one attached hydrogen (secondary N) is 1. The second kappa shape index (κ2) is 7.84. The lowest BCUT2D eigenvalue weighted by atomic mass is 10.2. The average molecular weight is 401 g/mol. The van der Waals surface area contributed by atoms with Crippen molar-refractivity contribution >= 4 is 30.5 Å². The van der Waals surface area contributed by atoms with E-state index in [-0.39, 0.29) is 22.8 Å². The fourth-order valence-corrected chi connectivity index (χ4v) is 2.86. The summed E-state index contributed by atoms with van der Waals surface area (Å²) >= 11 is 0. The third-order valence-electron chi connectivity index (χ3n) is 2.76. The molecule has 1 amide bonds. The molecule has 0 aromatic carbocycles. The Morgan fingerprint density at radius 3 is 1.89 bits per heavy atom. The molecule has 1 heterocycles. The molecule has 1 rings (SSSR count). The SMILES string of the molecule is COc1nc(P(C)(C)=O)c(C(=O)OC(C)(C)C)nc1NC(=O)OC(C)(C)C. The minimum Gasteiger partial charge on any atom is -0.478 e. The summed E-state index contributed by atoms with van der Waals surface area (Å²) in [5.74, 6) is -1.03. The van der Waals surface area contributed by atoms with Gasteiger partial charge in [0.1, 0.15) is 23.8 Å². The van der Waals surface area contributed by atoms with Crippen LogP contribution in [0.15, 0.2) is 0 Å². The highest BCUT2D eigenvalue weighted by molar-refractivity contribution is 7.70. The number of carbonyl (C=O) groups excluding carboxylic acids is 2. The lowest BCUT2D eigenvalue weighted by molar-refractivity contribution is 0.00636. The summed E-state index contributed by atoms with van der Waals surface area (Å²) < 4.78 is 28.3. The van der Waals surface area contributed by atoms with Gasteiger partial charge in [0.15, 0.2) is 11.5 Å². The molecule has 0 unspecified atom stereocenters. The molecule has 0 spiro atoms. The van der Waals surface area contributed by atoms with Gasteiger partial charge in [-0.2, -0.15) is 0 Å². The van der Waals surface area contributed by atoms with Gasteiger partial charge in [-0.25, -0.2) is 19.6 Å². The number of aromatic nitrogens is 2. The molecule has 0 saturated heterocycles. The molecule has 1 aromatic rings. The van der Waals surface area contributed by atoms with Crippen molar-refractivity contribution in [3.63, 3.8) is 0 Å². The lowest BCUT2D eigenvalue weighted by Gasteiger charge is -2.22. The Morgan fingerprint density at radius 2 is 1.48 bits per heavy atom. The Balaban J connectivity index is 3.44. The Morgan fingerprint density at radius 1 is 0.963 bits per heavy atom. The van der Waals surface area contributed by atoms with Crippen LogP contribution in [0.1, 0.15) is 52.0 Å². The van der Waals surface area contributed by atoms with Crippen LogP contribution in [-0.2, 0) is 14.0 Å². The molecule has 0 aliphatic rings. The van der Waals surface area contributed by atoms with Gasteiger partial charge < -0.3 is 18.8 Å². The van der Waals surface area contributed by atoms with Crippen molar-refractivity contribution < 1.29 is 28.4 Å². The Labute approximate surface area is 159 Å². The summed E-state index contributed by atoms with van der Waals surface area (Å²) in [6.45, 7) is 13.1. The van der Waals surface area contributed by atoms with Crippen LogP contribution in [0.5, 0.6) is 5.88 Å². The van der Waals surface area contributed by atoms with Crippen molar-refractivity contribution in [2.24, 2.45) is 0 Å². The zero-order chi connectivity index (χ0) is 21.2. The topological polar surface area (TPSA) is 117 Å². The zero-order valence-electron chi connectivity index (χ0n) is 17.3. The summed E-state index contributed by atoms with van der Waals surface area (Å²) in [6.07, 6.45) is -0.797. The van der Waals surface area contributed by atoms with Gasteiger partial charge in [0, 0.05) is 0 Å². The second-order valence-corrected chi connectivity index (χ2v) is 11.4. The van der Waals surface area contributed by atoms with Crippen LogP contribution in [0, 0.1) is 0 Å². The maximum Gasteiger partial charge on any atom is 0.413 e. The fourth-order valence-electron chi connectivity index (χ4n) is 1.87. The highest BCUT2D eigenvalue weighted by Crippen LogP contribution is 2.37. The minimum absolute atomic E-state index is 0.0386. The van der Waals surface area contributed by atoms with Gasteiger partial charge in [0.25, 0.3) is 5.88 Å². The molecule has 0 aliphatic carbocycles. The van der Waals surface area contributed by atoms with E-state index < -0.39 is 30.4 Å². The predicted molar refractivity (Wildman–Crippen MR) is 103 cm³/mol. The van der Waals surface area contributed by atoms with Gasteiger partial charge in [0.05, 0.1) is 7.11 Å². The first-order valence-electron chi connectivity index (χ1n) is 8.28. The van der Waals surface area contributed by atoms with Gasteiger partial charge >= 0.3 is 12.1 Å². The van der Waals surface area contributed by atoms with E-state index >= 15 is 0 Å². The maximum atomic E-state index is 12.6. The molecule has 27 heavy (non-hydrogen) atoms. The number of methoxy groups -OCH3 is 1. The second-order valence-electron chi connectivity index (χ2n) is 8.23. The van der Waals surface area contributed by atoms with Crippen molar-refractivity contribution in [1.29, 1.82) is 0 Å². The lowest BCUT2D eigenvalue weighted by Crippen LogP contribution is -2.31. The highest BCUT2D eigenvalue weighted by Gasteiger charge is 2.31. The molecule has 0 bridgehead atoms. The number of nitrogens with zero attached hydrogens (tertiary/aromatic N) is 2. The molecule has 152 valence electrons. The smallest absolute Gasteiger partial charge is 0.413 e. The molecule has 0 atom stereocenters. The first kappa shape index (κ1) is 22.9. The van der Waals surface area contributed by atoms with Crippen LogP contribution >= 0.6 is 7.14 Å². The molecule has 0 saturated carbocycles. The molecule has 10 heteroatoms. The van der Waals surface area contributed by atoms with Crippen molar-refractivity contribution in [3.05, 3.63) is 5.69 Å². The van der Waals surface area contributed by atoms with E-state index in [1.165, 1.54) is 20.4 Å². The Kier molecular flexibility index (Phi) is 6.65. The normalized spacial score (nSPS) is 12.3. The maximum absolute atomic E-state index is 12.6. The van der Waals surface area contributed by atoms with Gasteiger partial charge in [-0.15, -0.1) is 0 Å². The van der Waals surface area contributed by atoms with Crippen molar-refractivity contribution in [2.75, 3.05) is 25.8 Å². The van der Waals surface area contributed by atoms with E-state index in [1.807, 2.05) is 0 Å². The first-order valence-corrected chi connectivity index (χ1v) is 10.9. The number of rotatable bonds is 4. The van der Waals surface area contributed by atoms with Gasteiger partial charge in [-0.05, 0) is 54.9 Å². The number of hydrogen-bond acceptors (Lipinski definition) is 8. The average Bonchev–Trinajstić information content (AvgIpc) is 2.41. The van der Waals surface area contributed by atoms with E-state index in [9.17, 15) is 14.2 Å². The molecular formula is C17H28N3O6P. The van der Waals surface area contributed by atoms with E-state index in [0.717, 1.165) is 0 Å². The quantitative estimate of drug-likeness (QED) is 0.604. The summed E-state index contributed by atoms with van der Waals surface area (Å²) in [4.78, 5) is 32.9. The fraction of sp³-hybridized carbons (Fsp3) is 0.647. The third-order valence-corrected chi connectivity index (χ3v) is 4.09. The van der Waals surface area contributed by atoms with Crippen molar-refractivity contribution in [2.45, 2.75) is 52.7 Å². The first-order chi connectivity index (χ1) is 12.0. The van der Waals surface area contributed by atoms with Gasteiger partial charge in [-0.1, -0.05) is 0 Å². The zero-order valence-corrected chi connectivity index (χ0v) is 18.2. The van der Waals surface area contributed by atoms with Crippen LogP contribution in [0.2, 0.25) is 0 Å². The molecule has 1 aromatic heterocycles. The minimum atomic E-state index is -3.00. The number of esters is 1. The summed E-state index contributed by atoms with van der Waals surface area (Å²) in [7, 11) is -1.68. The van der Waals surface area contributed by atoms with Crippen LogP contribution in [0.3, 0.4) is 0 Å². The van der Waals surface area contributed by atoms with Crippen LogP contribution < -0.4 is 15.5 Å². The summed E-state index contributed by atoms with van der Waals surface area (Å²) in [5, 5.41) is 2.40. The molecule has 1 N–H and O–H groups in total. The van der Waals surface area contributed by atoms with Crippen molar-refractivity contribution in [1.82, 2.24) is 9.97 Å². The van der Waals surface area contributed by atoms with Gasteiger partial charge in [0.2, 0.25) is 0 Å². The Bertz CT molecular complexity index is 774. The summed E-state index contributed by atoms with van der Waals surface area (Å²) in [6, 6.07) is 0. The number of ether oxygens (including phenoxy) is 3. The predicted octanol–water partition coefficient (Wildman–Crippen LogP) is 3.04. The Hall–Kier alpha value is -2.15. The number of anilines is 1. The molecule has 0 aliphatic heterocycles. The number of amides is 1. The molecular weight excluding hydrogens is 373 g/mol. The van der Waals surface area contributed by atoms with E-state index in [1.54, 1.807) is 41.5 Å². The van der Waals surface area contributed by atoms with Gasteiger partial charge in [-0.3, -0.25) is 5.32 Å². The summed E-state index contributed by atoms with van der Waals surface area (Å²) in [5.41, 5.74) is -1.81. The standard InChI is InChI=1S/C17H28N3O6P/c1-16(2,3)25-14(21)10-13(27(8,9)23)20-12(24-7)11(18-10)19-15(22)26-17(4,5)6/h1-9H3,(H,18,19,22). The number of carbonyl (C=O) groups is 2.